The molecule has 0 aliphatic rings. The zero-order chi connectivity index (χ0) is 14.5. The Bertz CT molecular complexity index is 527. The van der Waals surface area contributed by atoms with Gasteiger partial charge in [0.05, 0.1) is 16.4 Å². The molecule has 0 amide bonds. The van der Waals surface area contributed by atoms with Crippen molar-refractivity contribution in [3.8, 4) is 0 Å². The highest BCUT2D eigenvalue weighted by Crippen LogP contribution is 2.12. The zero-order valence-corrected chi connectivity index (χ0v) is 12.9. The minimum Gasteiger partial charge on any atom is -0.283 e. The minimum atomic E-state index is -3.34. The Morgan fingerprint density at radius 1 is 1.37 bits per heavy atom. The Hall–Kier alpha value is -1.07. The van der Waals surface area contributed by atoms with E-state index in [1.165, 1.54) is 0 Å². The van der Waals surface area contributed by atoms with Crippen LogP contribution in [0.4, 0.5) is 0 Å². The third-order valence-electron chi connectivity index (χ3n) is 2.68. The molecule has 0 saturated heterocycles. The van der Waals surface area contributed by atoms with E-state index >= 15 is 0 Å². The lowest BCUT2D eigenvalue weighted by Gasteiger charge is -2.17. The van der Waals surface area contributed by atoms with Crippen molar-refractivity contribution in [2.24, 2.45) is 5.10 Å². The van der Waals surface area contributed by atoms with Crippen LogP contribution in [0, 0.1) is 0 Å². The molecular weight excluding hydrogens is 284 g/mol. The lowest BCUT2D eigenvalue weighted by atomic mass is 10.3. The highest BCUT2D eigenvalue weighted by molar-refractivity contribution is 7.92. The first-order valence-electron chi connectivity index (χ1n) is 6.08. The van der Waals surface area contributed by atoms with Crippen molar-refractivity contribution in [3.63, 3.8) is 0 Å². The molecule has 0 saturated carbocycles. The summed E-state index contributed by atoms with van der Waals surface area (Å²) in [6.07, 6.45) is 0.569. The van der Waals surface area contributed by atoms with Crippen LogP contribution in [0.2, 0.25) is 0 Å². The van der Waals surface area contributed by atoms with Gasteiger partial charge in [-0.25, -0.2) is 8.42 Å². The topological polar surface area (TPSA) is 49.7 Å². The van der Waals surface area contributed by atoms with Gasteiger partial charge in [0, 0.05) is 7.05 Å². The van der Waals surface area contributed by atoms with Crippen LogP contribution in [0.15, 0.2) is 40.3 Å². The minimum absolute atomic E-state index is 0.0819. The number of nitrogens with zero attached hydrogens (tertiary/aromatic N) is 2. The molecule has 1 atom stereocenters. The van der Waals surface area contributed by atoms with Crippen molar-refractivity contribution >= 4 is 27.1 Å². The summed E-state index contributed by atoms with van der Waals surface area (Å²) in [6.45, 7) is 3.66. The Kier molecular flexibility index (Phi) is 5.82. The van der Waals surface area contributed by atoms with Crippen LogP contribution in [0.1, 0.15) is 20.3 Å². The van der Waals surface area contributed by atoms with Crippen molar-refractivity contribution in [2.45, 2.75) is 30.7 Å². The molecule has 0 aliphatic carbocycles. The zero-order valence-electron chi connectivity index (χ0n) is 11.4. The van der Waals surface area contributed by atoms with Gasteiger partial charge in [0.15, 0.2) is 9.84 Å². The molecule has 0 radical (unpaired) electrons. The molecule has 1 rings (SSSR count). The van der Waals surface area contributed by atoms with E-state index in [0.717, 1.165) is 0 Å². The molecule has 106 valence electrons. The number of benzene rings is 1. The van der Waals surface area contributed by atoms with Crippen LogP contribution in [0.3, 0.4) is 0 Å². The quantitative estimate of drug-likeness (QED) is 0.351. The molecule has 1 aromatic rings. The fourth-order valence-electron chi connectivity index (χ4n) is 1.43. The van der Waals surface area contributed by atoms with Gasteiger partial charge in [0.1, 0.15) is 5.50 Å². The van der Waals surface area contributed by atoms with Crippen LogP contribution in [-0.2, 0) is 9.84 Å². The molecule has 1 unspecified atom stereocenters. The van der Waals surface area contributed by atoms with E-state index in [9.17, 15) is 8.42 Å². The van der Waals surface area contributed by atoms with Crippen molar-refractivity contribution in [3.05, 3.63) is 30.3 Å². The SMILES string of the molecule is CC/C(CS(=O)(=O)c1ccccc1)=N\N(C)C(C)Cl. The molecule has 4 nitrogen and oxygen atoms in total. The molecule has 0 spiro atoms. The van der Waals surface area contributed by atoms with E-state index < -0.39 is 9.84 Å². The van der Waals surface area contributed by atoms with E-state index in [-0.39, 0.29) is 11.3 Å². The predicted octanol–water partition coefficient (Wildman–Crippen LogP) is 2.74. The Morgan fingerprint density at radius 3 is 2.42 bits per heavy atom. The van der Waals surface area contributed by atoms with E-state index in [1.807, 2.05) is 6.92 Å². The summed E-state index contributed by atoms with van der Waals surface area (Å²) in [4.78, 5) is 0.317. The van der Waals surface area contributed by atoms with Crippen LogP contribution in [-0.4, -0.2) is 37.4 Å². The van der Waals surface area contributed by atoms with Crippen molar-refractivity contribution in [2.75, 3.05) is 12.8 Å². The normalized spacial score (nSPS) is 14.2. The second-order valence-electron chi connectivity index (χ2n) is 4.24. The van der Waals surface area contributed by atoms with E-state index in [1.54, 1.807) is 49.3 Å². The molecule has 1 aromatic carbocycles. The van der Waals surface area contributed by atoms with Gasteiger partial charge in [-0.3, -0.25) is 5.01 Å². The summed E-state index contributed by atoms with van der Waals surface area (Å²) in [5, 5.41) is 5.80. The number of sulfone groups is 1. The lowest BCUT2D eigenvalue weighted by Crippen LogP contribution is -2.24. The largest absolute Gasteiger partial charge is 0.283 e. The van der Waals surface area contributed by atoms with Crippen LogP contribution >= 0.6 is 11.6 Å². The van der Waals surface area contributed by atoms with Gasteiger partial charge in [-0.15, -0.1) is 0 Å². The molecule has 19 heavy (non-hydrogen) atoms. The lowest BCUT2D eigenvalue weighted by molar-refractivity contribution is 0.341. The Balaban J connectivity index is 2.93. The average Bonchev–Trinajstić information content (AvgIpc) is 2.38. The molecule has 0 bridgehead atoms. The fraction of sp³-hybridized carbons (Fsp3) is 0.462. The highest BCUT2D eigenvalue weighted by atomic mass is 35.5. The van der Waals surface area contributed by atoms with Gasteiger partial charge in [-0.05, 0) is 25.5 Å². The van der Waals surface area contributed by atoms with Crippen molar-refractivity contribution < 1.29 is 8.42 Å². The van der Waals surface area contributed by atoms with E-state index in [0.29, 0.717) is 17.0 Å². The van der Waals surface area contributed by atoms with Gasteiger partial charge < -0.3 is 0 Å². The fourth-order valence-corrected chi connectivity index (χ4v) is 2.92. The molecule has 0 heterocycles. The van der Waals surface area contributed by atoms with Gasteiger partial charge in [0.25, 0.3) is 0 Å². The summed E-state index contributed by atoms with van der Waals surface area (Å²) in [5.41, 5.74) is 0.319. The Morgan fingerprint density at radius 2 is 1.95 bits per heavy atom. The highest BCUT2D eigenvalue weighted by Gasteiger charge is 2.17. The van der Waals surface area contributed by atoms with Crippen molar-refractivity contribution in [1.29, 1.82) is 0 Å². The monoisotopic (exact) mass is 302 g/mol. The second-order valence-corrected chi connectivity index (χ2v) is 6.86. The van der Waals surface area contributed by atoms with Crippen LogP contribution in [0.25, 0.3) is 0 Å². The number of halogens is 1. The molecular formula is C13H19ClN2O2S. The molecule has 0 aromatic heterocycles. The Labute approximate surface area is 120 Å². The van der Waals surface area contributed by atoms with Gasteiger partial charge >= 0.3 is 0 Å². The number of hydrazone groups is 1. The first-order valence-corrected chi connectivity index (χ1v) is 8.16. The maximum absolute atomic E-state index is 12.2. The summed E-state index contributed by atoms with van der Waals surface area (Å²) in [5.74, 6) is -0.0819. The van der Waals surface area contributed by atoms with Gasteiger partial charge in [-0.1, -0.05) is 36.7 Å². The maximum Gasteiger partial charge on any atom is 0.183 e. The summed E-state index contributed by atoms with van der Waals surface area (Å²) < 4.78 is 24.4. The first kappa shape index (κ1) is 16.0. The van der Waals surface area contributed by atoms with Gasteiger partial charge in [0.2, 0.25) is 0 Å². The number of hydrogen-bond acceptors (Lipinski definition) is 4. The molecule has 0 N–H and O–H groups in total. The third-order valence-corrected chi connectivity index (χ3v) is 4.67. The maximum atomic E-state index is 12.2. The third kappa shape index (κ3) is 4.84. The number of alkyl halides is 1. The second kappa shape index (κ2) is 6.91. The van der Waals surface area contributed by atoms with Crippen molar-refractivity contribution in [1.82, 2.24) is 5.01 Å². The molecule has 0 aliphatic heterocycles. The first-order chi connectivity index (χ1) is 8.86. The van der Waals surface area contributed by atoms with E-state index in [4.69, 9.17) is 11.6 Å². The molecule has 6 heteroatoms. The summed E-state index contributed by atoms with van der Waals surface area (Å²) in [6, 6.07) is 8.40. The van der Waals surface area contributed by atoms with E-state index in [2.05, 4.69) is 5.10 Å². The standard InChI is InChI=1S/C13H19ClN2O2S/c1-4-12(15-16(3)11(2)14)10-19(17,18)13-8-6-5-7-9-13/h5-9,11H,4,10H2,1-3H3/b15-12+. The van der Waals surface area contributed by atoms with Crippen LogP contribution < -0.4 is 0 Å². The predicted molar refractivity (Wildman–Crippen MR) is 79.3 cm³/mol. The number of hydrogen-bond donors (Lipinski definition) is 0. The number of rotatable bonds is 6. The van der Waals surface area contributed by atoms with Crippen LogP contribution in [0.5, 0.6) is 0 Å². The molecule has 0 fully saturated rings. The summed E-state index contributed by atoms with van der Waals surface area (Å²) in [7, 11) is -1.62. The summed E-state index contributed by atoms with van der Waals surface area (Å²) >= 11 is 5.89. The van der Waals surface area contributed by atoms with Gasteiger partial charge in [-0.2, -0.15) is 5.10 Å². The average molecular weight is 303 g/mol. The smallest absolute Gasteiger partial charge is 0.183 e.